The van der Waals surface area contributed by atoms with E-state index in [1.807, 2.05) is 49.6 Å². The second-order valence-corrected chi connectivity index (χ2v) is 6.84. The van der Waals surface area contributed by atoms with Crippen LogP contribution in [0.2, 0.25) is 0 Å². The number of hydrogen-bond acceptors (Lipinski definition) is 7. The van der Waals surface area contributed by atoms with Crippen LogP contribution >= 0.6 is 0 Å². The van der Waals surface area contributed by atoms with Gasteiger partial charge in [-0.25, -0.2) is 9.97 Å². The largest absolute Gasteiger partial charge is 0.355 e. The van der Waals surface area contributed by atoms with Gasteiger partial charge in [-0.2, -0.15) is 4.98 Å². The minimum absolute atomic E-state index is 0.269. The highest BCUT2D eigenvalue weighted by Crippen LogP contribution is 2.28. The molecule has 4 rings (SSSR count). The zero-order chi connectivity index (χ0) is 18.5. The van der Waals surface area contributed by atoms with Gasteiger partial charge in [0.05, 0.1) is 5.92 Å². The molecule has 7 heteroatoms. The van der Waals surface area contributed by atoms with Crippen molar-refractivity contribution in [3.63, 3.8) is 0 Å². The fourth-order valence-electron chi connectivity index (χ4n) is 3.45. The summed E-state index contributed by atoms with van der Waals surface area (Å²) in [7, 11) is 0. The Morgan fingerprint density at radius 3 is 2.78 bits per heavy atom. The number of nitrogens with zero attached hydrogens (tertiary/aromatic N) is 5. The van der Waals surface area contributed by atoms with Crippen molar-refractivity contribution in [2.45, 2.75) is 32.2 Å². The Balaban J connectivity index is 1.40. The SMILES string of the molecule is CCNc1ncc(CN2CCC[C@H](c3nc(-c4ccccc4)no3)C2)cn1. The van der Waals surface area contributed by atoms with Crippen molar-refractivity contribution in [3.8, 4) is 11.4 Å². The fraction of sp³-hybridized carbons (Fsp3) is 0.400. The fourth-order valence-corrected chi connectivity index (χ4v) is 3.45. The lowest BCUT2D eigenvalue weighted by atomic mass is 9.97. The van der Waals surface area contributed by atoms with E-state index in [-0.39, 0.29) is 5.92 Å². The second-order valence-electron chi connectivity index (χ2n) is 6.84. The number of rotatable bonds is 6. The van der Waals surface area contributed by atoms with Crippen LogP contribution in [0.25, 0.3) is 11.4 Å². The molecule has 1 aliphatic heterocycles. The first kappa shape index (κ1) is 17.6. The minimum atomic E-state index is 0.269. The molecule has 0 radical (unpaired) electrons. The zero-order valence-corrected chi connectivity index (χ0v) is 15.5. The second kappa shape index (κ2) is 8.26. The molecule has 27 heavy (non-hydrogen) atoms. The standard InChI is InChI=1S/C20H24N6O/c1-2-21-20-22-11-15(12-23-20)13-26-10-6-9-17(14-26)19-24-18(25-27-19)16-7-4-3-5-8-16/h3-5,7-8,11-12,17H,2,6,9-10,13-14H2,1H3,(H,21,22,23)/t17-/m0/s1. The molecule has 0 spiro atoms. The number of likely N-dealkylation sites (tertiary alicyclic amines) is 1. The highest BCUT2D eigenvalue weighted by atomic mass is 16.5. The summed E-state index contributed by atoms with van der Waals surface area (Å²) in [4.78, 5) is 15.8. The van der Waals surface area contributed by atoms with E-state index in [4.69, 9.17) is 4.52 Å². The molecule has 2 aromatic heterocycles. The summed E-state index contributed by atoms with van der Waals surface area (Å²) in [6.45, 7) is 5.66. The van der Waals surface area contributed by atoms with Gasteiger partial charge >= 0.3 is 0 Å². The maximum absolute atomic E-state index is 5.58. The van der Waals surface area contributed by atoms with Crippen molar-refractivity contribution < 1.29 is 4.52 Å². The summed E-state index contributed by atoms with van der Waals surface area (Å²) in [6, 6.07) is 9.95. The van der Waals surface area contributed by atoms with Crippen LogP contribution in [0.15, 0.2) is 47.2 Å². The first-order valence-corrected chi connectivity index (χ1v) is 9.48. The molecular formula is C20H24N6O. The summed E-state index contributed by atoms with van der Waals surface area (Å²) in [5.41, 5.74) is 2.10. The summed E-state index contributed by atoms with van der Waals surface area (Å²) in [5.74, 6) is 2.34. The van der Waals surface area contributed by atoms with Crippen LogP contribution < -0.4 is 5.32 Å². The molecule has 7 nitrogen and oxygen atoms in total. The number of piperidine rings is 1. The maximum Gasteiger partial charge on any atom is 0.231 e. The average molecular weight is 364 g/mol. The normalized spacial score (nSPS) is 17.7. The van der Waals surface area contributed by atoms with Crippen molar-refractivity contribution >= 4 is 5.95 Å². The third-order valence-corrected chi connectivity index (χ3v) is 4.77. The number of nitrogens with one attached hydrogen (secondary N) is 1. The first-order chi connectivity index (χ1) is 13.3. The van der Waals surface area contributed by atoms with Crippen molar-refractivity contribution in [2.75, 3.05) is 25.0 Å². The molecule has 140 valence electrons. The molecule has 0 bridgehead atoms. The summed E-state index contributed by atoms with van der Waals surface area (Å²) in [6.07, 6.45) is 5.98. The van der Waals surface area contributed by atoms with E-state index in [1.54, 1.807) is 0 Å². The van der Waals surface area contributed by atoms with Gasteiger partial charge in [0, 0.05) is 43.2 Å². The van der Waals surface area contributed by atoms with E-state index in [1.165, 1.54) is 0 Å². The van der Waals surface area contributed by atoms with E-state index in [0.717, 1.165) is 56.0 Å². The lowest BCUT2D eigenvalue weighted by molar-refractivity contribution is 0.180. The molecule has 0 unspecified atom stereocenters. The van der Waals surface area contributed by atoms with Gasteiger partial charge in [-0.1, -0.05) is 35.5 Å². The summed E-state index contributed by atoms with van der Waals surface area (Å²) < 4.78 is 5.58. The first-order valence-electron chi connectivity index (χ1n) is 9.48. The van der Waals surface area contributed by atoms with Gasteiger partial charge in [0.25, 0.3) is 0 Å². The van der Waals surface area contributed by atoms with E-state index in [0.29, 0.717) is 11.8 Å². The van der Waals surface area contributed by atoms with E-state index < -0.39 is 0 Å². The van der Waals surface area contributed by atoms with Gasteiger partial charge in [-0.3, -0.25) is 4.90 Å². The number of hydrogen-bond donors (Lipinski definition) is 1. The Kier molecular flexibility index (Phi) is 5.39. The Hall–Kier alpha value is -2.80. The highest BCUT2D eigenvalue weighted by molar-refractivity contribution is 5.53. The minimum Gasteiger partial charge on any atom is -0.355 e. The van der Waals surface area contributed by atoms with Crippen molar-refractivity contribution in [2.24, 2.45) is 0 Å². The smallest absolute Gasteiger partial charge is 0.231 e. The molecule has 1 saturated heterocycles. The van der Waals surface area contributed by atoms with Crippen LogP contribution in [-0.4, -0.2) is 44.6 Å². The molecule has 0 saturated carbocycles. The Morgan fingerprint density at radius 2 is 2.00 bits per heavy atom. The van der Waals surface area contributed by atoms with Gasteiger partial charge in [-0.05, 0) is 26.3 Å². The predicted octanol–water partition coefficient (Wildman–Crippen LogP) is 3.34. The molecule has 0 amide bonds. The topological polar surface area (TPSA) is 80.0 Å². The molecule has 0 aliphatic carbocycles. The lowest BCUT2D eigenvalue weighted by Crippen LogP contribution is -2.34. The highest BCUT2D eigenvalue weighted by Gasteiger charge is 2.26. The summed E-state index contributed by atoms with van der Waals surface area (Å²) in [5, 5.41) is 7.29. The Labute approximate surface area is 158 Å². The number of aromatic nitrogens is 4. The van der Waals surface area contributed by atoms with Crippen molar-refractivity contribution in [3.05, 3.63) is 54.2 Å². The molecule has 1 aliphatic rings. The van der Waals surface area contributed by atoms with E-state index in [9.17, 15) is 0 Å². The molecular weight excluding hydrogens is 340 g/mol. The van der Waals surface area contributed by atoms with Crippen LogP contribution in [-0.2, 0) is 6.54 Å². The van der Waals surface area contributed by atoms with Crippen LogP contribution in [0, 0.1) is 0 Å². The summed E-state index contributed by atoms with van der Waals surface area (Å²) >= 11 is 0. The predicted molar refractivity (Wildman–Crippen MR) is 103 cm³/mol. The van der Waals surface area contributed by atoms with Crippen LogP contribution in [0.4, 0.5) is 5.95 Å². The molecule has 3 heterocycles. The molecule has 1 atom stereocenters. The lowest BCUT2D eigenvalue weighted by Gasteiger charge is -2.30. The third-order valence-electron chi connectivity index (χ3n) is 4.77. The van der Waals surface area contributed by atoms with Gasteiger partial charge in [-0.15, -0.1) is 0 Å². The van der Waals surface area contributed by atoms with E-state index >= 15 is 0 Å². The van der Waals surface area contributed by atoms with Crippen LogP contribution in [0.1, 0.15) is 37.1 Å². The van der Waals surface area contributed by atoms with Crippen LogP contribution in [0.3, 0.4) is 0 Å². The molecule has 3 aromatic rings. The van der Waals surface area contributed by atoms with Gasteiger partial charge < -0.3 is 9.84 Å². The average Bonchev–Trinajstić information content (AvgIpc) is 3.21. The van der Waals surface area contributed by atoms with Crippen molar-refractivity contribution in [1.29, 1.82) is 0 Å². The third kappa shape index (κ3) is 4.31. The van der Waals surface area contributed by atoms with Gasteiger partial charge in [0.15, 0.2) is 0 Å². The molecule has 1 aromatic carbocycles. The molecule has 1 N–H and O–H groups in total. The quantitative estimate of drug-likeness (QED) is 0.718. The molecule has 1 fully saturated rings. The van der Waals surface area contributed by atoms with E-state index in [2.05, 4.69) is 30.3 Å². The van der Waals surface area contributed by atoms with Gasteiger partial charge in [0.2, 0.25) is 17.7 Å². The van der Waals surface area contributed by atoms with Crippen molar-refractivity contribution in [1.82, 2.24) is 25.0 Å². The van der Waals surface area contributed by atoms with Crippen LogP contribution in [0.5, 0.6) is 0 Å². The number of benzene rings is 1. The monoisotopic (exact) mass is 364 g/mol. The Bertz CT molecular complexity index is 848. The Morgan fingerprint density at radius 1 is 1.19 bits per heavy atom. The maximum atomic E-state index is 5.58. The number of anilines is 1. The van der Waals surface area contributed by atoms with Gasteiger partial charge in [0.1, 0.15) is 0 Å². The zero-order valence-electron chi connectivity index (χ0n) is 15.5.